The van der Waals surface area contributed by atoms with Crippen LogP contribution in [0.25, 0.3) is 11.1 Å². The smallest absolute Gasteiger partial charge is 0.414 e. The van der Waals surface area contributed by atoms with Crippen LogP contribution in [-0.2, 0) is 16.1 Å². The summed E-state index contributed by atoms with van der Waals surface area (Å²) in [5.41, 5.74) is 2.83. The molecule has 10 heteroatoms. The topological polar surface area (TPSA) is 117 Å². The van der Waals surface area contributed by atoms with Gasteiger partial charge in [-0.2, -0.15) is 0 Å². The molecule has 34 heavy (non-hydrogen) atoms. The van der Waals surface area contributed by atoms with E-state index in [-0.39, 0.29) is 19.0 Å². The second-order valence-corrected chi connectivity index (χ2v) is 7.97. The lowest BCUT2D eigenvalue weighted by Gasteiger charge is -2.15. The highest BCUT2D eigenvalue weighted by Crippen LogP contribution is 2.30. The van der Waals surface area contributed by atoms with Crippen LogP contribution < -0.4 is 15.5 Å². The number of aromatic nitrogens is 1. The maximum atomic E-state index is 14.9. The third kappa shape index (κ3) is 5.59. The molecule has 2 aromatic carbocycles. The average molecular weight is 468 g/mol. The molecule has 0 unspecified atom stereocenters. The minimum Gasteiger partial charge on any atom is -0.451 e. The quantitative estimate of drug-likeness (QED) is 0.442. The van der Waals surface area contributed by atoms with Gasteiger partial charge in [-0.3, -0.25) is 9.69 Å². The second kappa shape index (κ2) is 10.4. The molecule has 0 saturated carbocycles. The molecule has 1 aliphatic rings. The summed E-state index contributed by atoms with van der Waals surface area (Å²) in [6.45, 7) is 2.60. The Bertz CT molecular complexity index is 1140. The van der Waals surface area contributed by atoms with Crippen molar-refractivity contribution in [3.05, 3.63) is 72.2 Å². The Balaban J connectivity index is 1.38. The Kier molecular flexibility index (Phi) is 7.19. The third-order valence-electron chi connectivity index (χ3n) is 5.45. The van der Waals surface area contributed by atoms with Crippen LogP contribution in [0.3, 0.4) is 0 Å². The molecular weight excluding hydrogens is 443 g/mol. The molecule has 3 aromatic rings. The summed E-state index contributed by atoms with van der Waals surface area (Å²) >= 11 is 0. The number of benzene rings is 2. The van der Waals surface area contributed by atoms with Crippen molar-refractivity contribution in [1.82, 2.24) is 15.6 Å². The first-order chi connectivity index (χ1) is 16.4. The van der Waals surface area contributed by atoms with Gasteiger partial charge in [-0.25, -0.2) is 14.2 Å². The number of nitrogens with zero attached hydrogens (tertiary/aromatic N) is 2. The van der Waals surface area contributed by atoms with Crippen LogP contribution in [0.4, 0.5) is 14.9 Å². The lowest BCUT2D eigenvalue weighted by atomic mass is 10.0. The standard InChI is InChI=1S/C24H25FN4O5/c1-15(30)27-10-20-12-29(24(32)34-20)19-6-7-21(22(25)8-19)16-2-4-17(5-3-16)23(31)11-26-9-18-13-33-14-28-18/h2-8,13-14,20,23,26,31H,9-12H2,1H3,(H,27,30)/t20-,23-/m0/s1. The molecule has 2 heterocycles. The number of ether oxygens (including phenoxy) is 1. The Morgan fingerprint density at radius 2 is 2.09 bits per heavy atom. The molecule has 1 aromatic heterocycles. The summed E-state index contributed by atoms with van der Waals surface area (Å²) in [4.78, 5) is 28.6. The Hall–Kier alpha value is -3.76. The minimum atomic E-state index is -0.736. The van der Waals surface area contributed by atoms with Crippen molar-refractivity contribution in [1.29, 1.82) is 0 Å². The van der Waals surface area contributed by atoms with E-state index in [1.54, 1.807) is 36.4 Å². The van der Waals surface area contributed by atoms with E-state index >= 15 is 0 Å². The van der Waals surface area contributed by atoms with Crippen molar-refractivity contribution >= 4 is 17.7 Å². The van der Waals surface area contributed by atoms with Gasteiger partial charge in [0.25, 0.3) is 0 Å². The zero-order valence-electron chi connectivity index (χ0n) is 18.5. The summed E-state index contributed by atoms with van der Waals surface area (Å²) in [6, 6.07) is 11.5. The van der Waals surface area contributed by atoms with Gasteiger partial charge >= 0.3 is 6.09 Å². The first-order valence-corrected chi connectivity index (χ1v) is 10.8. The van der Waals surface area contributed by atoms with Crippen LogP contribution in [0.15, 0.2) is 59.5 Å². The molecule has 0 bridgehead atoms. The molecule has 4 rings (SSSR count). The predicted octanol–water partition coefficient (Wildman–Crippen LogP) is 2.77. The van der Waals surface area contributed by atoms with Gasteiger partial charge in [-0.15, -0.1) is 0 Å². The van der Waals surface area contributed by atoms with E-state index < -0.39 is 24.1 Å². The molecule has 2 amide bonds. The van der Waals surface area contributed by atoms with Crippen molar-refractivity contribution in [2.45, 2.75) is 25.7 Å². The number of anilines is 1. The zero-order valence-corrected chi connectivity index (χ0v) is 18.5. The maximum absolute atomic E-state index is 14.9. The molecule has 0 aliphatic carbocycles. The van der Waals surface area contributed by atoms with Crippen molar-refractivity contribution in [2.24, 2.45) is 0 Å². The molecule has 178 valence electrons. The van der Waals surface area contributed by atoms with Crippen LogP contribution in [0.2, 0.25) is 0 Å². The van der Waals surface area contributed by atoms with Crippen LogP contribution >= 0.6 is 0 Å². The van der Waals surface area contributed by atoms with Crippen molar-refractivity contribution in [2.75, 3.05) is 24.5 Å². The number of oxazole rings is 1. The fourth-order valence-corrected chi connectivity index (χ4v) is 3.67. The first kappa shape index (κ1) is 23.4. The highest BCUT2D eigenvalue weighted by Gasteiger charge is 2.32. The molecule has 1 fully saturated rings. The van der Waals surface area contributed by atoms with Gasteiger partial charge in [0, 0.05) is 25.6 Å². The highest BCUT2D eigenvalue weighted by molar-refractivity contribution is 5.90. The van der Waals surface area contributed by atoms with Crippen LogP contribution in [-0.4, -0.2) is 47.8 Å². The number of aliphatic hydroxyl groups is 1. The van der Waals surface area contributed by atoms with E-state index in [4.69, 9.17) is 9.15 Å². The summed E-state index contributed by atoms with van der Waals surface area (Å²) in [5.74, 6) is -0.704. The Morgan fingerprint density at radius 1 is 1.29 bits per heavy atom. The SMILES string of the molecule is CC(=O)NC[C@H]1CN(c2ccc(-c3ccc([C@@H](O)CNCc4cocn4)cc3)c(F)c2)C(=O)O1. The van der Waals surface area contributed by atoms with E-state index in [9.17, 15) is 19.1 Å². The van der Waals surface area contributed by atoms with Crippen LogP contribution in [0, 0.1) is 5.82 Å². The fourth-order valence-electron chi connectivity index (χ4n) is 3.67. The predicted molar refractivity (Wildman–Crippen MR) is 121 cm³/mol. The van der Waals surface area contributed by atoms with E-state index in [2.05, 4.69) is 15.6 Å². The first-order valence-electron chi connectivity index (χ1n) is 10.8. The number of carbonyl (C=O) groups excluding carboxylic acids is 2. The number of rotatable bonds is 9. The Morgan fingerprint density at radius 3 is 2.76 bits per heavy atom. The molecule has 0 spiro atoms. The van der Waals surface area contributed by atoms with Gasteiger partial charge in [0.1, 0.15) is 18.2 Å². The lowest BCUT2D eigenvalue weighted by Crippen LogP contribution is -2.33. The summed E-state index contributed by atoms with van der Waals surface area (Å²) in [6.07, 6.45) is 1.06. The number of nitrogens with one attached hydrogen (secondary N) is 2. The highest BCUT2D eigenvalue weighted by atomic mass is 19.1. The fraction of sp³-hybridized carbons (Fsp3) is 0.292. The van der Waals surface area contributed by atoms with Gasteiger partial charge in [-0.05, 0) is 29.3 Å². The van der Waals surface area contributed by atoms with Crippen LogP contribution in [0.1, 0.15) is 24.3 Å². The van der Waals surface area contributed by atoms with Crippen molar-refractivity contribution in [3.63, 3.8) is 0 Å². The van der Waals surface area contributed by atoms with E-state index in [0.717, 1.165) is 5.69 Å². The number of aliphatic hydroxyl groups excluding tert-OH is 1. The molecule has 0 radical (unpaired) electrons. The molecule has 3 N–H and O–H groups in total. The van der Waals surface area contributed by atoms with Gasteiger partial charge in [0.05, 0.1) is 30.6 Å². The summed E-state index contributed by atoms with van der Waals surface area (Å²) in [7, 11) is 0. The Labute approximate surface area is 195 Å². The number of hydrogen-bond donors (Lipinski definition) is 3. The normalized spacial score (nSPS) is 16.4. The second-order valence-electron chi connectivity index (χ2n) is 7.97. The number of carbonyl (C=O) groups is 2. The molecule has 2 atom stereocenters. The largest absolute Gasteiger partial charge is 0.451 e. The number of cyclic esters (lactones) is 1. The molecular formula is C24H25FN4O5. The van der Waals surface area contributed by atoms with E-state index in [0.29, 0.717) is 35.5 Å². The minimum absolute atomic E-state index is 0.200. The van der Waals surface area contributed by atoms with E-state index in [1.165, 1.54) is 30.5 Å². The number of amides is 2. The van der Waals surface area contributed by atoms with Crippen molar-refractivity contribution < 1.29 is 28.2 Å². The van der Waals surface area contributed by atoms with Crippen molar-refractivity contribution in [3.8, 4) is 11.1 Å². The summed E-state index contributed by atoms with van der Waals surface area (Å²) in [5, 5.41) is 16.1. The molecule has 1 saturated heterocycles. The maximum Gasteiger partial charge on any atom is 0.414 e. The zero-order chi connectivity index (χ0) is 24.1. The average Bonchev–Trinajstić information content (AvgIpc) is 3.47. The van der Waals surface area contributed by atoms with Gasteiger partial charge in [-0.1, -0.05) is 24.3 Å². The van der Waals surface area contributed by atoms with Gasteiger partial charge < -0.3 is 24.9 Å². The number of halogens is 1. The lowest BCUT2D eigenvalue weighted by molar-refractivity contribution is -0.119. The monoisotopic (exact) mass is 468 g/mol. The number of hydrogen-bond acceptors (Lipinski definition) is 7. The van der Waals surface area contributed by atoms with Gasteiger partial charge in [0.2, 0.25) is 5.91 Å². The van der Waals surface area contributed by atoms with Gasteiger partial charge in [0.15, 0.2) is 6.39 Å². The summed E-state index contributed by atoms with van der Waals surface area (Å²) < 4.78 is 25.1. The third-order valence-corrected chi connectivity index (χ3v) is 5.45. The van der Waals surface area contributed by atoms with Crippen LogP contribution in [0.5, 0.6) is 0 Å². The molecule has 9 nitrogen and oxygen atoms in total. The van der Waals surface area contributed by atoms with E-state index in [1.807, 2.05) is 0 Å². The molecule has 1 aliphatic heterocycles.